The van der Waals surface area contributed by atoms with Crippen molar-refractivity contribution in [2.24, 2.45) is 0 Å². The lowest BCUT2D eigenvalue weighted by molar-refractivity contribution is 0.555. The van der Waals surface area contributed by atoms with Gasteiger partial charge in [-0.15, -0.1) is 11.6 Å². The Balaban J connectivity index is 2.07. The number of hydrogen-bond donors (Lipinski definition) is 1. The number of rotatable bonds is 4. The molecule has 5 nitrogen and oxygen atoms in total. The van der Waals surface area contributed by atoms with Crippen molar-refractivity contribution in [3.63, 3.8) is 0 Å². The third kappa shape index (κ3) is 3.86. The van der Waals surface area contributed by atoms with Gasteiger partial charge in [0.25, 0.3) is 0 Å². The van der Waals surface area contributed by atoms with Gasteiger partial charge < -0.3 is 0 Å². The van der Waals surface area contributed by atoms with E-state index in [2.05, 4.69) is 4.72 Å². The van der Waals surface area contributed by atoms with Crippen LogP contribution in [0.25, 0.3) is 0 Å². The van der Waals surface area contributed by atoms with Gasteiger partial charge in [0.2, 0.25) is 10.0 Å². The molecule has 0 atom stereocenters. The van der Waals surface area contributed by atoms with Crippen LogP contribution in [-0.4, -0.2) is 33.6 Å². The van der Waals surface area contributed by atoms with E-state index in [1.807, 2.05) is 0 Å². The standard InChI is InChI=1S/C12H16ClNO4S2/c13-9-10-1-3-11(4-2-10)14-20(17,18)12-5-7-19(15,16)8-6-12/h1-4,12,14H,5-9H2. The van der Waals surface area contributed by atoms with Gasteiger partial charge in [0.1, 0.15) is 9.84 Å². The van der Waals surface area contributed by atoms with Crippen LogP contribution in [0.2, 0.25) is 0 Å². The molecule has 0 bridgehead atoms. The van der Waals surface area contributed by atoms with Crippen LogP contribution in [0.5, 0.6) is 0 Å². The van der Waals surface area contributed by atoms with Gasteiger partial charge in [0, 0.05) is 11.6 Å². The summed E-state index contributed by atoms with van der Waals surface area (Å²) in [5.74, 6) is 0.237. The van der Waals surface area contributed by atoms with Gasteiger partial charge >= 0.3 is 0 Å². The Hall–Kier alpha value is -0.790. The Kier molecular flexibility index (Phi) is 4.61. The maximum atomic E-state index is 12.2. The molecular formula is C12H16ClNO4S2. The molecule has 20 heavy (non-hydrogen) atoms. The summed E-state index contributed by atoms with van der Waals surface area (Å²) < 4.78 is 49.5. The van der Waals surface area contributed by atoms with E-state index in [-0.39, 0.29) is 24.3 Å². The van der Waals surface area contributed by atoms with Crippen LogP contribution >= 0.6 is 11.6 Å². The van der Waals surface area contributed by atoms with Gasteiger partial charge in [-0.25, -0.2) is 16.8 Å². The minimum absolute atomic E-state index is 0.0657. The fraction of sp³-hybridized carbons (Fsp3) is 0.500. The quantitative estimate of drug-likeness (QED) is 0.849. The third-order valence-electron chi connectivity index (χ3n) is 3.31. The van der Waals surface area contributed by atoms with Crippen molar-refractivity contribution in [2.75, 3.05) is 16.2 Å². The SMILES string of the molecule is O=S1(=O)CCC(S(=O)(=O)Nc2ccc(CCl)cc2)CC1. The average Bonchev–Trinajstić information content (AvgIpc) is 2.38. The first kappa shape index (κ1) is 15.6. The number of benzene rings is 1. The maximum absolute atomic E-state index is 12.2. The highest BCUT2D eigenvalue weighted by Gasteiger charge is 2.32. The monoisotopic (exact) mass is 337 g/mol. The number of anilines is 1. The van der Waals surface area contributed by atoms with Crippen LogP contribution in [0.3, 0.4) is 0 Å². The lowest BCUT2D eigenvalue weighted by Gasteiger charge is -2.22. The van der Waals surface area contributed by atoms with Gasteiger partial charge in [-0.1, -0.05) is 12.1 Å². The molecule has 1 aliphatic heterocycles. The topological polar surface area (TPSA) is 80.3 Å². The molecule has 112 valence electrons. The van der Waals surface area contributed by atoms with E-state index in [0.29, 0.717) is 11.6 Å². The van der Waals surface area contributed by atoms with Crippen LogP contribution in [-0.2, 0) is 25.7 Å². The summed E-state index contributed by atoms with van der Waals surface area (Å²) in [7, 11) is -6.62. The Morgan fingerprint density at radius 1 is 1.15 bits per heavy atom. The first-order valence-corrected chi connectivity index (χ1v) is 10.1. The molecule has 0 spiro atoms. The van der Waals surface area contributed by atoms with E-state index in [9.17, 15) is 16.8 Å². The Morgan fingerprint density at radius 2 is 1.70 bits per heavy atom. The summed E-state index contributed by atoms with van der Waals surface area (Å²) in [4.78, 5) is 0. The average molecular weight is 338 g/mol. The molecule has 0 aliphatic carbocycles. The predicted molar refractivity (Wildman–Crippen MR) is 80.2 cm³/mol. The molecular weight excluding hydrogens is 322 g/mol. The van der Waals surface area contributed by atoms with Crippen LogP contribution in [0.15, 0.2) is 24.3 Å². The van der Waals surface area contributed by atoms with Crippen molar-refractivity contribution in [1.82, 2.24) is 0 Å². The van der Waals surface area contributed by atoms with Gasteiger partial charge in [0.15, 0.2) is 0 Å². The normalized spacial score (nSPS) is 19.6. The number of halogens is 1. The number of alkyl halides is 1. The zero-order valence-corrected chi connectivity index (χ0v) is 13.1. The number of sulfone groups is 1. The summed E-state index contributed by atoms with van der Waals surface area (Å²) in [5, 5.41) is -0.654. The van der Waals surface area contributed by atoms with Crippen molar-refractivity contribution in [3.8, 4) is 0 Å². The molecule has 1 aromatic rings. The van der Waals surface area contributed by atoms with Crippen molar-refractivity contribution in [3.05, 3.63) is 29.8 Å². The molecule has 8 heteroatoms. The summed E-state index contributed by atoms with van der Waals surface area (Å²) in [6.45, 7) is 0. The van der Waals surface area contributed by atoms with Crippen LogP contribution in [0.4, 0.5) is 5.69 Å². The van der Waals surface area contributed by atoms with Crippen LogP contribution < -0.4 is 4.72 Å². The van der Waals surface area contributed by atoms with Gasteiger partial charge in [0.05, 0.1) is 16.8 Å². The summed E-state index contributed by atoms with van der Waals surface area (Å²) in [5.41, 5.74) is 1.37. The smallest absolute Gasteiger partial charge is 0.235 e. The van der Waals surface area contributed by atoms with E-state index in [0.717, 1.165) is 5.56 Å². The molecule has 0 unspecified atom stereocenters. The third-order valence-corrected chi connectivity index (χ3v) is 7.20. The minimum Gasteiger partial charge on any atom is -0.283 e. The summed E-state index contributed by atoms with van der Waals surface area (Å²) in [6.07, 6.45) is 0.300. The molecule has 1 fully saturated rings. The fourth-order valence-electron chi connectivity index (χ4n) is 2.09. The van der Waals surface area contributed by atoms with Crippen molar-refractivity contribution in [1.29, 1.82) is 0 Å². The van der Waals surface area contributed by atoms with Gasteiger partial charge in [-0.05, 0) is 30.5 Å². The van der Waals surface area contributed by atoms with Crippen LogP contribution in [0.1, 0.15) is 18.4 Å². The molecule has 2 rings (SSSR count). The van der Waals surface area contributed by atoms with E-state index < -0.39 is 25.1 Å². The van der Waals surface area contributed by atoms with E-state index in [1.54, 1.807) is 24.3 Å². The number of nitrogens with one attached hydrogen (secondary N) is 1. The Bertz CT molecular complexity index is 654. The first-order chi connectivity index (χ1) is 9.32. The van der Waals surface area contributed by atoms with Crippen molar-refractivity contribution >= 4 is 37.1 Å². The van der Waals surface area contributed by atoms with Crippen LogP contribution in [0, 0.1) is 0 Å². The molecule has 1 heterocycles. The summed E-state index contributed by atoms with van der Waals surface area (Å²) in [6, 6.07) is 6.79. The lowest BCUT2D eigenvalue weighted by atomic mass is 10.2. The second kappa shape index (κ2) is 5.91. The number of sulfonamides is 1. The highest BCUT2D eigenvalue weighted by molar-refractivity contribution is 7.94. The highest BCUT2D eigenvalue weighted by atomic mass is 35.5. The largest absolute Gasteiger partial charge is 0.283 e. The molecule has 0 aromatic heterocycles. The lowest BCUT2D eigenvalue weighted by Crippen LogP contribution is -2.35. The van der Waals surface area contributed by atoms with Gasteiger partial charge in [-0.2, -0.15) is 0 Å². The van der Waals surface area contributed by atoms with E-state index in [1.165, 1.54) is 0 Å². The molecule has 0 radical (unpaired) electrons. The zero-order chi connectivity index (χ0) is 14.8. The predicted octanol–water partition coefficient (Wildman–Crippen LogP) is 1.74. The van der Waals surface area contributed by atoms with E-state index >= 15 is 0 Å². The maximum Gasteiger partial charge on any atom is 0.235 e. The molecule has 1 saturated heterocycles. The molecule has 0 saturated carbocycles. The molecule has 1 N–H and O–H groups in total. The fourth-order valence-corrected chi connectivity index (χ4v) is 5.54. The first-order valence-electron chi connectivity index (χ1n) is 6.19. The van der Waals surface area contributed by atoms with E-state index in [4.69, 9.17) is 11.6 Å². The number of hydrogen-bond acceptors (Lipinski definition) is 4. The van der Waals surface area contributed by atoms with Gasteiger partial charge in [-0.3, -0.25) is 4.72 Å². The highest BCUT2D eigenvalue weighted by Crippen LogP contribution is 2.22. The molecule has 0 amide bonds. The summed E-state index contributed by atoms with van der Waals surface area (Å²) >= 11 is 5.67. The van der Waals surface area contributed by atoms with Crippen molar-refractivity contribution < 1.29 is 16.8 Å². The zero-order valence-electron chi connectivity index (χ0n) is 10.7. The minimum atomic E-state index is -3.55. The van der Waals surface area contributed by atoms with Crippen molar-refractivity contribution in [2.45, 2.75) is 24.0 Å². The Labute approximate surface area is 124 Å². The Morgan fingerprint density at radius 3 is 2.20 bits per heavy atom. The second-order valence-corrected chi connectivity index (χ2v) is 9.36. The second-order valence-electron chi connectivity index (χ2n) is 4.83. The molecule has 1 aliphatic rings. The molecule has 1 aromatic carbocycles.